The molecule has 3 rings (SSSR count). The van der Waals surface area contributed by atoms with Crippen molar-refractivity contribution in [2.24, 2.45) is 0 Å². The molecule has 4 heteroatoms. The predicted octanol–water partition coefficient (Wildman–Crippen LogP) is 0.864. The van der Waals surface area contributed by atoms with Crippen molar-refractivity contribution in [1.82, 2.24) is 10.6 Å². The molecule has 2 N–H and O–H groups in total. The molecule has 1 aromatic rings. The van der Waals surface area contributed by atoms with Gasteiger partial charge in [0.25, 0.3) is 5.91 Å². The molecular formula is C13H17N3O. The molecule has 1 atom stereocenters. The number of benzene rings is 1. The summed E-state index contributed by atoms with van der Waals surface area (Å²) in [5.41, 5.74) is 3.09. The van der Waals surface area contributed by atoms with Crippen molar-refractivity contribution in [3.05, 3.63) is 29.3 Å². The lowest BCUT2D eigenvalue weighted by molar-refractivity contribution is 0.0926. The van der Waals surface area contributed by atoms with Gasteiger partial charge >= 0.3 is 0 Å². The normalized spacial score (nSPS) is 23.5. The number of anilines is 1. The average Bonchev–Trinajstić information content (AvgIpc) is 2.54. The van der Waals surface area contributed by atoms with Gasteiger partial charge in [0.1, 0.15) is 6.17 Å². The fourth-order valence-corrected chi connectivity index (χ4v) is 2.61. The van der Waals surface area contributed by atoms with Gasteiger partial charge in [-0.2, -0.15) is 0 Å². The summed E-state index contributed by atoms with van der Waals surface area (Å²) < 4.78 is 0. The van der Waals surface area contributed by atoms with Crippen LogP contribution in [-0.4, -0.2) is 31.7 Å². The Bertz CT molecular complexity index is 458. The fourth-order valence-electron chi connectivity index (χ4n) is 2.61. The number of hydrogen-bond acceptors (Lipinski definition) is 3. The van der Waals surface area contributed by atoms with Crippen LogP contribution >= 0.6 is 0 Å². The SMILES string of the molecule is Cc1ccc2c(c1)N1CCNCC[C@@H]1NC2=O. The summed E-state index contributed by atoms with van der Waals surface area (Å²) in [6.45, 7) is 4.95. The minimum Gasteiger partial charge on any atom is -0.349 e. The topological polar surface area (TPSA) is 44.4 Å². The second kappa shape index (κ2) is 4.04. The summed E-state index contributed by atoms with van der Waals surface area (Å²) >= 11 is 0. The van der Waals surface area contributed by atoms with Gasteiger partial charge < -0.3 is 15.5 Å². The lowest BCUT2D eigenvalue weighted by atomic mass is 10.0. The molecule has 0 aliphatic carbocycles. The van der Waals surface area contributed by atoms with Crippen molar-refractivity contribution in [2.75, 3.05) is 24.5 Å². The molecule has 2 heterocycles. The third kappa shape index (κ3) is 1.78. The van der Waals surface area contributed by atoms with Gasteiger partial charge in [0.05, 0.1) is 11.3 Å². The fraction of sp³-hybridized carbons (Fsp3) is 0.462. The van der Waals surface area contributed by atoms with E-state index in [2.05, 4.69) is 28.5 Å². The van der Waals surface area contributed by atoms with Crippen LogP contribution in [0.4, 0.5) is 5.69 Å². The summed E-state index contributed by atoms with van der Waals surface area (Å²) in [7, 11) is 0. The molecule has 0 radical (unpaired) electrons. The van der Waals surface area contributed by atoms with Crippen molar-refractivity contribution >= 4 is 11.6 Å². The largest absolute Gasteiger partial charge is 0.349 e. The van der Waals surface area contributed by atoms with Crippen molar-refractivity contribution in [1.29, 1.82) is 0 Å². The van der Waals surface area contributed by atoms with E-state index in [4.69, 9.17) is 0 Å². The maximum absolute atomic E-state index is 12.0. The summed E-state index contributed by atoms with van der Waals surface area (Å²) in [5.74, 6) is 0.0585. The maximum atomic E-state index is 12.0. The standard InChI is InChI=1S/C13H17N3O/c1-9-2-3-10-11(8-9)16-7-6-14-5-4-12(16)15-13(10)17/h2-3,8,12,14H,4-7H2,1H3,(H,15,17)/t12-/m1/s1. The van der Waals surface area contributed by atoms with Gasteiger partial charge in [-0.1, -0.05) is 6.07 Å². The zero-order valence-electron chi connectivity index (χ0n) is 9.99. The molecule has 0 aromatic heterocycles. The minimum atomic E-state index is 0.0585. The van der Waals surface area contributed by atoms with E-state index in [1.807, 2.05) is 12.1 Å². The van der Waals surface area contributed by atoms with Crippen LogP contribution in [0.25, 0.3) is 0 Å². The lowest BCUT2D eigenvalue weighted by Crippen LogP contribution is -2.53. The highest BCUT2D eigenvalue weighted by atomic mass is 16.2. The predicted molar refractivity (Wildman–Crippen MR) is 67.3 cm³/mol. The van der Waals surface area contributed by atoms with E-state index >= 15 is 0 Å². The van der Waals surface area contributed by atoms with Gasteiger partial charge in [0, 0.05) is 13.1 Å². The molecule has 90 valence electrons. The lowest BCUT2D eigenvalue weighted by Gasteiger charge is -2.37. The molecule has 2 aliphatic rings. The molecule has 0 spiro atoms. The summed E-state index contributed by atoms with van der Waals surface area (Å²) in [4.78, 5) is 14.3. The Balaban J connectivity index is 2.06. The minimum absolute atomic E-state index is 0.0585. The Hall–Kier alpha value is -1.55. The molecule has 0 unspecified atom stereocenters. The first-order chi connectivity index (χ1) is 8.25. The van der Waals surface area contributed by atoms with Crippen LogP contribution in [-0.2, 0) is 0 Å². The number of nitrogens with zero attached hydrogens (tertiary/aromatic N) is 1. The number of carbonyl (C=O) groups excluding carboxylic acids is 1. The van der Waals surface area contributed by atoms with Crippen LogP contribution in [0.15, 0.2) is 18.2 Å². The molecule has 4 nitrogen and oxygen atoms in total. The Morgan fingerprint density at radius 2 is 2.24 bits per heavy atom. The monoisotopic (exact) mass is 231 g/mol. The molecule has 17 heavy (non-hydrogen) atoms. The number of hydrogen-bond donors (Lipinski definition) is 2. The molecule has 1 saturated heterocycles. The molecule has 0 bridgehead atoms. The number of nitrogens with one attached hydrogen (secondary N) is 2. The van der Waals surface area contributed by atoms with E-state index in [0.29, 0.717) is 0 Å². The van der Waals surface area contributed by atoms with Gasteiger partial charge in [0.2, 0.25) is 0 Å². The zero-order valence-corrected chi connectivity index (χ0v) is 9.99. The number of aryl methyl sites for hydroxylation is 1. The number of carbonyl (C=O) groups is 1. The van der Waals surface area contributed by atoms with E-state index in [1.54, 1.807) is 0 Å². The van der Waals surface area contributed by atoms with Crippen LogP contribution in [0.3, 0.4) is 0 Å². The van der Waals surface area contributed by atoms with Crippen molar-refractivity contribution in [3.8, 4) is 0 Å². The van der Waals surface area contributed by atoms with Crippen LogP contribution in [0, 0.1) is 6.92 Å². The molecular weight excluding hydrogens is 214 g/mol. The quantitative estimate of drug-likeness (QED) is 0.696. The van der Waals surface area contributed by atoms with E-state index in [0.717, 1.165) is 37.3 Å². The first-order valence-electron chi connectivity index (χ1n) is 6.14. The molecule has 2 aliphatic heterocycles. The molecule has 0 saturated carbocycles. The highest BCUT2D eigenvalue weighted by Gasteiger charge is 2.31. The van der Waals surface area contributed by atoms with Gasteiger partial charge in [-0.25, -0.2) is 0 Å². The zero-order chi connectivity index (χ0) is 11.8. The Morgan fingerprint density at radius 3 is 3.12 bits per heavy atom. The van der Waals surface area contributed by atoms with Crippen LogP contribution in [0.5, 0.6) is 0 Å². The van der Waals surface area contributed by atoms with E-state index in [1.165, 1.54) is 5.56 Å². The van der Waals surface area contributed by atoms with Gasteiger partial charge in [-0.05, 0) is 37.6 Å². The number of amides is 1. The molecule has 1 fully saturated rings. The van der Waals surface area contributed by atoms with E-state index in [-0.39, 0.29) is 12.1 Å². The van der Waals surface area contributed by atoms with Gasteiger partial charge in [-0.15, -0.1) is 0 Å². The third-order valence-electron chi connectivity index (χ3n) is 3.51. The van der Waals surface area contributed by atoms with Crippen LogP contribution in [0.1, 0.15) is 22.3 Å². The van der Waals surface area contributed by atoms with E-state index < -0.39 is 0 Å². The second-order valence-electron chi connectivity index (χ2n) is 4.74. The number of fused-ring (bicyclic) bond motifs is 3. The van der Waals surface area contributed by atoms with E-state index in [9.17, 15) is 4.79 Å². The first kappa shape index (κ1) is 10.6. The average molecular weight is 231 g/mol. The second-order valence-corrected chi connectivity index (χ2v) is 4.74. The van der Waals surface area contributed by atoms with Crippen molar-refractivity contribution < 1.29 is 4.79 Å². The van der Waals surface area contributed by atoms with Crippen LogP contribution in [0.2, 0.25) is 0 Å². The van der Waals surface area contributed by atoms with Gasteiger partial charge in [-0.3, -0.25) is 4.79 Å². The summed E-state index contributed by atoms with van der Waals surface area (Å²) in [6.07, 6.45) is 1.10. The van der Waals surface area contributed by atoms with Crippen molar-refractivity contribution in [2.45, 2.75) is 19.5 Å². The van der Waals surface area contributed by atoms with Crippen LogP contribution < -0.4 is 15.5 Å². The maximum Gasteiger partial charge on any atom is 0.254 e. The molecule has 1 amide bonds. The molecule has 1 aromatic carbocycles. The highest BCUT2D eigenvalue weighted by Crippen LogP contribution is 2.28. The Morgan fingerprint density at radius 1 is 1.35 bits per heavy atom. The van der Waals surface area contributed by atoms with Crippen molar-refractivity contribution in [3.63, 3.8) is 0 Å². The summed E-state index contributed by atoms with van der Waals surface area (Å²) in [5, 5.41) is 6.45. The number of rotatable bonds is 0. The van der Waals surface area contributed by atoms with Gasteiger partial charge in [0.15, 0.2) is 0 Å². The highest BCUT2D eigenvalue weighted by molar-refractivity contribution is 6.02. The first-order valence-corrected chi connectivity index (χ1v) is 6.14. The third-order valence-corrected chi connectivity index (χ3v) is 3.51. The summed E-state index contributed by atoms with van der Waals surface area (Å²) in [6, 6.07) is 6.04. The Labute approximate surface area is 101 Å². The Kier molecular flexibility index (Phi) is 2.52. The smallest absolute Gasteiger partial charge is 0.254 e.